The lowest BCUT2D eigenvalue weighted by Crippen LogP contribution is -2.40. The third-order valence-corrected chi connectivity index (χ3v) is 5.10. The van der Waals surface area contributed by atoms with E-state index in [1.165, 1.54) is 21.0 Å². The van der Waals surface area contributed by atoms with Gasteiger partial charge in [-0.2, -0.15) is 0 Å². The lowest BCUT2D eigenvalue weighted by Gasteiger charge is -2.23. The molecule has 0 aromatic heterocycles. The van der Waals surface area contributed by atoms with Gasteiger partial charge in [0.2, 0.25) is 0 Å². The molecule has 2 amide bonds. The first kappa shape index (κ1) is 19.3. The Kier molecular flexibility index (Phi) is 5.37. The van der Waals surface area contributed by atoms with Crippen molar-refractivity contribution in [2.24, 2.45) is 5.41 Å². The summed E-state index contributed by atoms with van der Waals surface area (Å²) in [6, 6.07) is 0. The van der Waals surface area contributed by atoms with Crippen LogP contribution in [0.4, 0.5) is 0 Å². The number of fused-ring (bicyclic) bond motifs is 1. The number of amides is 2. The van der Waals surface area contributed by atoms with Crippen molar-refractivity contribution in [1.29, 1.82) is 0 Å². The highest BCUT2D eigenvalue weighted by Crippen LogP contribution is 2.45. The van der Waals surface area contributed by atoms with E-state index in [0.29, 0.717) is 0 Å². The molecule has 10 heteroatoms. The smallest absolute Gasteiger partial charge is 0.341 e. The summed E-state index contributed by atoms with van der Waals surface area (Å²) < 4.78 is 4.91. The number of halogens is 4. The molecule has 0 unspecified atom stereocenters. The van der Waals surface area contributed by atoms with Crippen molar-refractivity contribution in [3.63, 3.8) is 0 Å². The molecule has 0 N–H and O–H groups in total. The Hall–Kier alpha value is -1.05. The predicted molar refractivity (Wildman–Crippen MR) is 88.7 cm³/mol. The molecule has 130 valence electrons. The van der Waals surface area contributed by atoms with E-state index in [0.717, 1.165) is 0 Å². The van der Waals surface area contributed by atoms with E-state index < -0.39 is 23.2 Å². The first-order chi connectivity index (χ1) is 11.0. The summed E-state index contributed by atoms with van der Waals surface area (Å²) in [6.07, 6.45) is 0. The number of rotatable bonds is 4. The molecule has 2 rings (SSSR count). The van der Waals surface area contributed by atoms with Gasteiger partial charge in [-0.25, -0.2) is 4.79 Å². The zero-order valence-electron chi connectivity index (χ0n) is 12.7. The summed E-state index contributed by atoms with van der Waals surface area (Å²) in [5.41, 5.74) is -1.62. The summed E-state index contributed by atoms with van der Waals surface area (Å²) in [4.78, 5) is 42.0. The lowest BCUT2D eigenvalue weighted by atomic mass is 9.95. The van der Waals surface area contributed by atoms with Crippen LogP contribution in [0.3, 0.4) is 0 Å². The molecule has 6 nitrogen and oxygen atoms in total. The first-order valence-electron chi connectivity index (χ1n) is 6.50. The minimum atomic E-state index is -1.09. The lowest BCUT2D eigenvalue weighted by molar-refractivity contribution is -0.182. The van der Waals surface area contributed by atoms with Gasteiger partial charge in [-0.05, 0) is 13.8 Å². The van der Waals surface area contributed by atoms with Crippen LogP contribution in [0.25, 0.3) is 0 Å². The molecule has 1 aromatic rings. The Bertz CT molecular complexity index is 715. The fourth-order valence-corrected chi connectivity index (χ4v) is 3.05. The maximum absolute atomic E-state index is 12.4. The highest BCUT2D eigenvalue weighted by Gasteiger charge is 2.45. The monoisotopic (exact) mass is 413 g/mol. The van der Waals surface area contributed by atoms with Gasteiger partial charge in [0, 0.05) is 7.11 Å². The van der Waals surface area contributed by atoms with Crippen LogP contribution in [0.5, 0.6) is 0 Å². The maximum atomic E-state index is 12.4. The van der Waals surface area contributed by atoms with Crippen LogP contribution in [0, 0.1) is 5.41 Å². The van der Waals surface area contributed by atoms with E-state index in [-0.39, 0.29) is 42.9 Å². The topological polar surface area (TPSA) is 72.9 Å². The number of ether oxygens (including phenoxy) is 1. The summed E-state index contributed by atoms with van der Waals surface area (Å²) in [5.74, 6) is -2.76. The SMILES string of the molecule is COCC(C)(C)C(=O)ON1C(=O)c2c(Cl)c(Cl)c(Cl)c(Cl)c2C1=O. The normalized spacial score (nSPS) is 14.2. The van der Waals surface area contributed by atoms with E-state index in [2.05, 4.69) is 0 Å². The largest absolute Gasteiger partial charge is 0.384 e. The van der Waals surface area contributed by atoms with E-state index in [9.17, 15) is 14.4 Å². The highest BCUT2D eigenvalue weighted by atomic mass is 35.5. The number of hydrogen-bond acceptors (Lipinski definition) is 5. The number of hydroxylamine groups is 2. The second kappa shape index (κ2) is 6.69. The molecule has 0 aliphatic carbocycles. The minimum Gasteiger partial charge on any atom is -0.384 e. The Balaban J connectivity index is 2.43. The van der Waals surface area contributed by atoms with Gasteiger partial charge in [-0.15, -0.1) is 0 Å². The van der Waals surface area contributed by atoms with Gasteiger partial charge in [-0.3, -0.25) is 9.59 Å². The van der Waals surface area contributed by atoms with Crippen LogP contribution in [-0.2, 0) is 14.4 Å². The van der Waals surface area contributed by atoms with Gasteiger partial charge in [0.15, 0.2) is 0 Å². The third kappa shape index (κ3) is 2.97. The van der Waals surface area contributed by atoms with Crippen molar-refractivity contribution in [2.45, 2.75) is 13.8 Å². The number of nitrogens with zero attached hydrogens (tertiary/aromatic N) is 1. The van der Waals surface area contributed by atoms with E-state index in [1.807, 2.05) is 0 Å². The van der Waals surface area contributed by atoms with Crippen molar-refractivity contribution < 1.29 is 24.0 Å². The number of hydrogen-bond donors (Lipinski definition) is 0. The van der Waals surface area contributed by atoms with Crippen molar-refractivity contribution in [2.75, 3.05) is 13.7 Å². The Morgan fingerprint density at radius 1 is 0.958 bits per heavy atom. The maximum Gasteiger partial charge on any atom is 0.341 e. The number of methoxy groups -OCH3 is 1. The molecule has 1 aromatic carbocycles. The summed E-state index contributed by atoms with van der Waals surface area (Å²) in [6.45, 7) is 3.09. The van der Waals surface area contributed by atoms with Crippen LogP contribution in [-0.4, -0.2) is 36.6 Å². The molecule has 1 aliphatic rings. The van der Waals surface area contributed by atoms with Crippen molar-refractivity contribution in [3.05, 3.63) is 31.2 Å². The molecule has 0 fully saturated rings. The molecule has 0 spiro atoms. The van der Waals surface area contributed by atoms with Gasteiger partial charge in [0.05, 0.1) is 43.2 Å². The van der Waals surface area contributed by atoms with Crippen molar-refractivity contribution in [3.8, 4) is 0 Å². The van der Waals surface area contributed by atoms with E-state index in [4.69, 9.17) is 56.0 Å². The van der Waals surface area contributed by atoms with E-state index in [1.54, 1.807) is 0 Å². The molecular formula is C14H11Cl4NO5. The molecule has 1 aliphatic heterocycles. The third-order valence-electron chi connectivity index (χ3n) is 3.30. The predicted octanol–water partition coefficient (Wildman–Crippen LogP) is 4.03. The molecule has 0 radical (unpaired) electrons. The molecule has 0 saturated heterocycles. The second-order valence-corrected chi connectivity index (χ2v) is 7.12. The number of benzene rings is 1. The zero-order chi connectivity index (χ0) is 18.4. The van der Waals surface area contributed by atoms with Crippen molar-refractivity contribution in [1.82, 2.24) is 5.06 Å². The second-order valence-electron chi connectivity index (χ2n) is 5.61. The Morgan fingerprint density at radius 2 is 1.38 bits per heavy atom. The minimum absolute atomic E-state index is 0.0220. The number of carbonyl (C=O) groups excluding carboxylic acids is 3. The fraction of sp³-hybridized carbons (Fsp3) is 0.357. The zero-order valence-corrected chi connectivity index (χ0v) is 15.7. The van der Waals surface area contributed by atoms with E-state index >= 15 is 0 Å². The highest BCUT2D eigenvalue weighted by molar-refractivity contribution is 6.55. The summed E-state index contributed by atoms with van der Waals surface area (Å²) in [5, 5.41) is -0.537. The van der Waals surface area contributed by atoms with Crippen LogP contribution in [0.1, 0.15) is 34.6 Å². The molecule has 24 heavy (non-hydrogen) atoms. The van der Waals surface area contributed by atoms with Crippen LogP contribution >= 0.6 is 46.4 Å². The number of carbonyl (C=O) groups is 3. The Morgan fingerprint density at radius 3 is 1.75 bits per heavy atom. The summed E-state index contributed by atoms with van der Waals surface area (Å²) in [7, 11) is 1.40. The molecule has 1 heterocycles. The molecular weight excluding hydrogens is 404 g/mol. The van der Waals surface area contributed by atoms with Crippen LogP contribution < -0.4 is 0 Å². The van der Waals surface area contributed by atoms with Gasteiger partial charge in [-0.1, -0.05) is 51.5 Å². The Labute approximate surface area is 157 Å². The first-order valence-corrected chi connectivity index (χ1v) is 8.01. The quantitative estimate of drug-likeness (QED) is 0.422. The standard InChI is InChI=1S/C14H11Cl4NO5/c1-14(2,4-23-3)13(22)24-19-11(20)5-6(12(19)21)8(16)10(18)9(17)7(5)15/h4H2,1-3H3. The average molecular weight is 415 g/mol. The van der Waals surface area contributed by atoms with Gasteiger partial charge >= 0.3 is 5.97 Å². The van der Waals surface area contributed by atoms with Gasteiger partial charge in [0.1, 0.15) is 0 Å². The average Bonchev–Trinajstić information content (AvgIpc) is 2.75. The van der Waals surface area contributed by atoms with Crippen LogP contribution in [0.15, 0.2) is 0 Å². The summed E-state index contributed by atoms with van der Waals surface area (Å²) >= 11 is 23.7. The van der Waals surface area contributed by atoms with Crippen molar-refractivity contribution >= 4 is 64.2 Å². The molecule has 0 bridgehead atoms. The van der Waals surface area contributed by atoms with Crippen LogP contribution in [0.2, 0.25) is 20.1 Å². The number of imide groups is 1. The van der Waals surface area contributed by atoms with Gasteiger partial charge < -0.3 is 9.57 Å². The fourth-order valence-electron chi connectivity index (χ4n) is 2.04. The molecule has 0 atom stereocenters. The molecule has 0 saturated carbocycles. The van der Waals surface area contributed by atoms with Gasteiger partial charge in [0.25, 0.3) is 11.8 Å².